The summed E-state index contributed by atoms with van der Waals surface area (Å²) in [5.41, 5.74) is 6.90. The lowest BCUT2D eigenvalue weighted by Crippen LogP contribution is -2.44. The summed E-state index contributed by atoms with van der Waals surface area (Å²) in [6, 6.07) is 0.433. The molecular formula is C18H37N. The zero-order chi connectivity index (χ0) is 14.5. The summed E-state index contributed by atoms with van der Waals surface area (Å²) >= 11 is 0. The van der Waals surface area contributed by atoms with Crippen molar-refractivity contribution in [3.05, 3.63) is 0 Å². The molecule has 1 fully saturated rings. The summed E-state index contributed by atoms with van der Waals surface area (Å²) in [5, 5.41) is 0. The third kappa shape index (κ3) is 5.10. The van der Waals surface area contributed by atoms with Crippen molar-refractivity contribution in [3.63, 3.8) is 0 Å². The fourth-order valence-corrected chi connectivity index (χ4v) is 4.23. The maximum Gasteiger partial charge on any atom is 0.00747 e. The number of hydrogen-bond acceptors (Lipinski definition) is 1. The van der Waals surface area contributed by atoms with Crippen molar-refractivity contribution in [3.8, 4) is 0 Å². The van der Waals surface area contributed by atoms with Crippen LogP contribution in [0.15, 0.2) is 0 Å². The molecule has 0 aromatic heterocycles. The minimum absolute atomic E-state index is 0.425. The van der Waals surface area contributed by atoms with Gasteiger partial charge in [0, 0.05) is 6.04 Å². The van der Waals surface area contributed by atoms with Crippen molar-refractivity contribution in [2.24, 2.45) is 28.9 Å². The first-order valence-corrected chi connectivity index (χ1v) is 8.66. The SMILES string of the molecule is CCCCC(CC)CC(C)(C)C1CCC(C)CC1N. The van der Waals surface area contributed by atoms with Gasteiger partial charge in [0.25, 0.3) is 0 Å². The molecule has 1 aliphatic rings. The molecule has 0 heterocycles. The molecule has 4 unspecified atom stereocenters. The molecule has 1 aliphatic carbocycles. The fourth-order valence-electron chi connectivity index (χ4n) is 4.23. The van der Waals surface area contributed by atoms with Crippen molar-refractivity contribution in [2.45, 2.75) is 92.0 Å². The highest BCUT2D eigenvalue weighted by molar-refractivity contribution is 4.91. The second-order valence-electron chi connectivity index (χ2n) is 7.80. The van der Waals surface area contributed by atoms with Crippen molar-refractivity contribution < 1.29 is 0 Å². The van der Waals surface area contributed by atoms with E-state index in [-0.39, 0.29) is 0 Å². The first kappa shape index (κ1) is 17.0. The van der Waals surface area contributed by atoms with Gasteiger partial charge in [-0.1, -0.05) is 66.7 Å². The van der Waals surface area contributed by atoms with Gasteiger partial charge < -0.3 is 5.73 Å². The largest absolute Gasteiger partial charge is 0.327 e. The lowest BCUT2D eigenvalue weighted by Gasteiger charge is -2.44. The first-order chi connectivity index (χ1) is 8.90. The van der Waals surface area contributed by atoms with Crippen LogP contribution in [0, 0.1) is 23.2 Å². The van der Waals surface area contributed by atoms with E-state index < -0.39 is 0 Å². The topological polar surface area (TPSA) is 26.0 Å². The predicted octanol–water partition coefficient (Wildman–Crippen LogP) is 5.38. The van der Waals surface area contributed by atoms with Gasteiger partial charge in [0.2, 0.25) is 0 Å². The highest BCUT2D eigenvalue weighted by Crippen LogP contribution is 2.44. The van der Waals surface area contributed by atoms with Gasteiger partial charge in [0.05, 0.1) is 0 Å². The van der Waals surface area contributed by atoms with E-state index in [2.05, 4.69) is 34.6 Å². The van der Waals surface area contributed by atoms with Crippen molar-refractivity contribution in [1.82, 2.24) is 0 Å². The Labute approximate surface area is 121 Å². The standard InChI is InChI=1S/C18H37N/c1-6-8-9-15(7-2)13-18(4,5)16-11-10-14(3)12-17(16)19/h14-17H,6-13,19H2,1-5H3. The molecule has 0 bridgehead atoms. The molecule has 1 rings (SSSR count). The van der Waals surface area contributed by atoms with Crippen LogP contribution in [0.4, 0.5) is 0 Å². The Hall–Kier alpha value is -0.0400. The van der Waals surface area contributed by atoms with Gasteiger partial charge in [-0.2, -0.15) is 0 Å². The van der Waals surface area contributed by atoms with Crippen molar-refractivity contribution >= 4 is 0 Å². The van der Waals surface area contributed by atoms with Gasteiger partial charge in [-0.3, -0.25) is 0 Å². The Balaban J connectivity index is 2.57. The molecule has 0 aliphatic heterocycles. The van der Waals surface area contributed by atoms with Gasteiger partial charge in [0.15, 0.2) is 0 Å². The van der Waals surface area contributed by atoms with E-state index in [1.807, 2.05) is 0 Å². The molecule has 1 heteroatoms. The predicted molar refractivity (Wildman–Crippen MR) is 86.2 cm³/mol. The van der Waals surface area contributed by atoms with Gasteiger partial charge in [-0.15, -0.1) is 0 Å². The summed E-state index contributed by atoms with van der Waals surface area (Å²) in [5.74, 6) is 2.48. The number of unbranched alkanes of at least 4 members (excludes halogenated alkanes) is 1. The van der Waals surface area contributed by atoms with E-state index in [1.165, 1.54) is 51.4 Å². The molecule has 19 heavy (non-hydrogen) atoms. The molecule has 4 atom stereocenters. The van der Waals surface area contributed by atoms with Crippen LogP contribution in [0.1, 0.15) is 86.0 Å². The molecule has 0 spiro atoms. The minimum atomic E-state index is 0.425. The molecule has 0 saturated heterocycles. The zero-order valence-electron chi connectivity index (χ0n) is 14.0. The van der Waals surface area contributed by atoms with E-state index in [0.717, 1.165) is 17.8 Å². The summed E-state index contributed by atoms with van der Waals surface area (Å²) in [6.45, 7) is 12.0. The molecule has 0 aromatic carbocycles. The second kappa shape index (κ2) is 7.67. The maximum absolute atomic E-state index is 6.47. The minimum Gasteiger partial charge on any atom is -0.327 e. The van der Waals surface area contributed by atoms with Crippen LogP contribution < -0.4 is 5.73 Å². The van der Waals surface area contributed by atoms with Crippen LogP contribution in [-0.4, -0.2) is 6.04 Å². The normalized spacial score (nSPS) is 30.3. The summed E-state index contributed by atoms with van der Waals surface area (Å²) in [7, 11) is 0. The first-order valence-electron chi connectivity index (χ1n) is 8.66. The molecule has 0 amide bonds. The van der Waals surface area contributed by atoms with Crippen molar-refractivity contribution in [2.75, 3.05) is 0 Å². The number of rotatable bonds is 7. The van der Waals surface area contributed by atoms with E-state index in [1.54, 1.807) is 0 Å². The van der Waals surface area contributed by atoms with Crippen LogP contribution in [0.3, 0.4) is 0 Å². The third-order valence-electron chi connectivity index (χ3n) is 5.52. The Morgan fingerprint density at radius 3 is 2.42 bits per heavy atom. The fraction of sp³-hybridized carbons (Fsp3) is 1.00. The van der Waals surface area contributed by atoms with Crippen molar-refractivity contribution in [1.29, 1.82) is 0 Å². The van der Waals surface area contributed by atoms with Crippen LogP contribution in [0.2, 0.25) is 0 Å². The average Bonchev–Trinajstić information content (AvgIpc) is 2.33. The van der Waals surface area contributed by atoms with E-state index in [4.69, 9.17) is 5.73 Å². The zero-order valence-corrected chi connectivity index (χ0v) is 14.0. The van der Waals surface area contributed by atoms with Gasteiger partial charge in [0.1, 0.15) is 0 Å². The van der Waals surface area contributed by atoms with Crippen LogP contribution in [0.5, 0.6) is 0 Å². The Bertz CT molecular complexity index is 246. The molecule has 2 N–H and O–H groups in total. The van der Waals surface area contributed by atoms with Crippen LogP contribution in [-0.2, 0) is 0 Å². The summed E-state index contributed by atoms with van der Waals surface area (Å²) in [4.78, 5) is 0. The third-order valence-corrected chi connectivity index (χ3v) is 5.52. The summed E-state index contributed by atoms with van der Waals surface area (Å²) in [6.07, 6.45) is 10.8. The van der Waals surface area contributed by atoms with Gasteiger partial charge in [-0.25, -0.2) is 0 Å². The molecular weight excluding hydrogens is 230 g/mol. The van der Waals surface area contributed by atoms with Gasteiger partial charge in [-0.05, 0) is 42.4 Å². The monoisotopic (exact) mass is 267 g/mol. The Morgan fingerprint density at radius 1 is 1.21 bits per heavy atom. The van der Waals surface area contributed by atoms with E-state index >= 15 is 0 Å². The molecule has 0 radical (unpaired) electrons. The number of nitrogens with two attached hydrogens (primary N) is 1. The molecule has 1 saturated carbocycles. The maximum atomic E-state index is 6.47. The van der Waals surface area contributed by atoms with E-state index in [9.17, 15) is 0 Å². The number of hydrogen-bond donors (Lipinski definition) is 1. The average molecular weight is 268 g/mol. The molecule has 1 nitrogen and oxygen atoms in total. The smallest absolute Gasteiger partial charge is 0.00747 e. The highest BCUT2D eigenvalue weighted by Gasteiger charge is 2.38. The van der Waals surface area contributed by atoms with Crippen LogP contribution in [0.25, 0.3) is 0 Å². The van der Waals surface area contributed by atoms with E-state index in [0.29, 0.717) is 11.5 Å². The van der Waals surface area contributed by atoms with Gasteiger partial charge >= 0.3 is 0 Å². The van der Waals surface area contributed by atoms with Crippen LogP contribution >= 0.6 is 0 Å². The highest BCUT2D eigenvalue weighted by atomic mass is 14.7. The Kier molecular flexibility index (Phi) is 6.86. The second-order valence-corrected chi connectivity index (χ2v) is 7.80. The summed E-state index contributed by atoms with van der Waals surface area (Å²) < 4.78 is 0. The quantitative estimate of drug-likeness (QED) is 0.658. The lowest BCUT2D eigenvalue weighted by atomic mass is 9.63. The molecule has 0 aromatic rings. The lowest BCUT2D eigenvalue weighted by molar-refractivity contribution is 0.0842. The Morgan fingerprint density at radius 2 is 1.89 bits per heavy atom. The molecule has 114 valence electrons.